The van der Waals surface area contributed by atoms with Crippen molar-refractivity contribution >= 4 is 24.1 Å². The van der Waals surface area contributed by atoms with Crippen LogP contribution in [0.3, 0.4) is 0 Å². The first-order chi connectivity index (χ1) is 24.3. The van der Waals surface area contributed by atoms with E-state index >= 15 is 0 Å². The predicted octanol–water partition coefficient (Wildman–Crippen LogP) is 7.73. The molecule has 0 fully saturated rings. The van der Waals surface area contributed by atoms with Crippen LogP contribution in [0.5, 0.6) is 0 Å². The van der Waals surface area contributed by atoms with Crippen LogP contribution >= 0.6 is 0 Å². The molecule has 0 spiro atoms. The van der Waals surface area contributed by atoms with Gasteiger partial charge >= 0.3 is 18.0 Å². The van der Waals surface area contributed by atoms with Gasteiger partial charge in [-0.05, 0) is 56.1 Å². The number of aliphatic carboxylic acids is 1. The zero-order valence-electron chi connectivity index (χ0n) is 27.3. The third-order valence-corrected chi connectivity index (χ3v) is 9.47. The molecule has 2 aliphatic rings. The molecule has 7 rings (SSSR count). The van der Waals surface area contributed by atoms with Crippen LogP contribution in [0.15, 0.2) is 127 Å². The smallest absolute Gasteiger partial charge is 0.408 e. The van der Waals surface area contributed by atoms with Crippen molar-refractivity contribution in [3.63, 3.8) is 0 Å². The lowest BCUT2D eigenvalue weighted by molar-refractivity contribution is -0.138. The molecule has 250 valence electrons. The van der Waals surface area contributed by atoms with E-state index in [2.05, 4.69) is 29.6 Å². The van der Waals surface area contributed by atoms with Gasteiger partial charge in [0.15, 0.2) is 0 Å². The number of ether oxygens (including phenoxy) is 2. The molecule has 4 N–H and O–H groups in total. The number of amides is 1. The Morgan fingerprint density at radius 2 is 1.10 bits per heavy atom. The molecule has 5 aromatic rings. The van der Waals surface area contributed by atoms with Crippen LogP contribution in [0, 0.1) is 0 Å². The van der Waals surface area contributed by atoms with E-state index in [9.17, 15) is 19.5 Å². The lowest BCUT2D eigenvalue weighted by Crippen LogP contribution is -2.57. The van der Waals surface area contributed by atoms with Gasteiger partial charge in [0.1, 0.15) is 18.9 Å². The third-order valence-electron chi connectivity index (χ3n) is 9.47. The molecule has 1 amide bonds. The van der Waals surface area contributed by atoms with Crippen molar-refractivity contribution in [3.8, 4) is 22.3 Å². The number of carboxylic acid groups (broad SMARTS) is 1. The van der Waals surface area contributed by atoms with E-state index in [1.807, 2.05) is 72.8 Å². The average Bonchev–Trinajstić information content (AvgIpc) is 3.62. The van der Waals surface area contributed by atoms with Crippen molar-refractivity contribution in [2.75, 3.05) is 13.2 Å². The highest BCUT2D eigenvalue weighted by Crippen LogP contribution is 2.45. The summed E-state index contributed by atoms with van der Waals surface area (Å²) in [6, 6.07) is 39.3. The number of rotatable bonds is 11. The zero-order valence-corrected chi connectivity index (χ0v) is 27.3. The molecule has 2 aliphatic carbocycles. The quantitative estimate of drug-likeness (QED) is 0.0974. The highest BCUT2D eigenvalue weighted by Gasteiger charge is 2.33. The van der Waals surface area contributed by atoms with Crippen LogP contribution in [0.4, 0.5) is 4.79 Å². The van der Waals surface area contributed by atoms with Crippen molar-refractivity contribution in [2.45, 2.75) is 30.3 Å². The van der Waals surface area contributed by atoms with Crippen LogP contribution in [0.2, 0.25) is 0 Å². The first kappa shape index (κ1) is 32.6. The molecule has 8 nitrogen and oxygen atoms in total. The first-order valence-electron chi connectivity index (χ1n) is 16.6. The van der Waals surface area contributed by atoms with E-state index in [1.54, 1.807) is 36.4 Å². The summed E-state index contributed by atoms with van der Waals surface area (Å²) in [5.74, 6) is -1.90. The monoisotopic (exact) mass is 664 g/mol. The fraction of sp³-hybridized carbons (Fsp3) is 0.167. The van der Waals surface area contributed by atoms with Gasteiger partial charge in [-0.25, -0.2) is 9.59 Å². The number of hydrogen-bond acceptors (Lipinski definition) is 6. The lowest BCUT2D eigenvalue weighted by Gasteiger charge is -2.28. The molecule has 0 radical (unpaired) electrons. The van der Waals surface area contributed by atoms with Gasteiger partial charge in [-0.2, -0.15) is 0 Å². The Hall–Kier alpha value is -5.99. The van der Waals surface area contributed by atoms with Crippen LogP contribution in [-0.4, -0.2) is 42.0 Å². The van der Waals surface area contributed by atoms with Crippen molar-refractivity contribution in [1.29, 1.82) is 0 Å². The summed E-state index contributed by atoms with van der Waals surface area (Å²) in [5, 5.41) is 12.2. The molecule has 50 heavy (non-hydrogen) atoms. The summed E-state index contributed by atoms with van der Waals surface area (Å²) in [7, 11) is 0. The van der Waals surface area contributed by atoms with E-state index in [4.69, 9.17) is 15.2 Å². The number of nitrogens with one attached hydrogen (secondary N) is 1. The minimum Gasteiger partial charge on any atom is -0.481 e. The van der Waals surface area contributed by atoms with Crippen LogP contribution in [0.1, 0.15) is 62.9 Å². The molecule has 1 atom stereocenters. The van der Waals surface area contributed by atoms with E-state index in [0.717, 1.165) is 44.5 Å². The van der Waals surface area contributed by atoms with Gasteiger partial charge in [0, 0.05) is 18.3 Å². The van der Waals surface area contributed by atoms with Gasteiger partial charge in [-0.1, -0.05) is 127 Å². The maximum Gasteiger partial charge on any atom is 0.408 e. The summed E-state index contributed by atoms with van der Waals surface area (Å²) < 4.78 is 11.5. The number of carbonyl (C=O) groups excluding carboxylic acids is 2. The molecule has 5 aromatic carbocycles. The Balaban J connectivity index is 1.01. The second kappa shape index (κ2) is 13.9. The number of esters is 1. The average molecular weight is 665 g/mol. The van der Waals surface area contributed by atoms with Gasteiger partial charge in [0.25, 0.3) is 0 Å². The highest BCUT2D eigenvalue weighted by molar-refractivity contribution is 5.94. The van der Waals surface area contributed by atoms with Gasteiger partial charge in [-0.15, -0.1) is 0 Å². The number of benzene rings is 5. The molecule has 0 aliphatic heterocycles. The molecule has 0 saturated heterocycles. The third kappa shape index (κ3) is 6.53. The van der Waals surface area contributed by atoms with Crippen LogP contribution in [-0.2, 0) is 14.3 Å². The molecule has 8 heteroatoms. The van der Waals surface area contributed by atoms with Crippen LogP contribution in [0.25, 0.3) is 28.3 Å². The molecular formula is C42H36N2O6. The van der Waals surface area contributed by atoms with Crippen molar-refractivity contribution in [3.05, 3.63) is 161 Å². The largest absolute Gasteiger partial charge is 0.481 e. The summed E-state index contributed by atoms with van der Waals surface area (Å²) in [5.41, 5.74) is 14.6. The fourth-order valence-electron chi connectivity index (χ4n) is 7.18. The zero-order chi connectivity index (χ0) is 34.7. The second-order valence-electron chi connectivity index (χ2n) is 12.7. The predicted molar refractivity (Wildman–Crippen MR) is 191 cm³/mol. The summed E-state index contributed by atoms with van der Waals surface area (Å²) >= 11 is 0. The lowest BCUT2D eigenvalue weighted by atomic mass is 9.98. The Bertz CT molecular complexity index is 2030. The van der Waals surface area contributed by atoms with E-state index in [-0.39, 0.29) is 31.5 Å². The number of nitrogens with two attached hydrogens (primary N) is 1. The number of carbonyl (C=O) groups is 3. The molecule has 0 bridgehead atoms. The molecular weight excluding hydrogens is 628 g/mol. The molecule has 0 unspecified atom stereocenters. The van der Waals surface area contributed by atoms with E-state index in [0.29, 0.717) is 11.1 Å². The van der Waals surface area contributed by atoms with Gasteiger partial charge in [0.2, 0.25) is 0 Å². The van der Waals surface area contributed by atoms with Crippen molar-refractivity contribution in [1.82, 2.24) is 5.32 Å². The van der Waals surface area contributed by atoms with Crippen molar-refractivity contribution in [2.24, 2.45) is 5.73 Å². The summed E-state index contributed by atoms with van der Waals surface area (Å²) in [6.45, 7) is 0.242. The molecule has 0 heterocycles. The maximum absolute atomic E-state index is 13.4. The Morgan fingerprint density at radius 1 is 0.660 bits per heavy atom. The SMILES string of the molecule is N[C@](CC=Cc1ccccc1C(=O)OCC1c2ccccc2-c2ccccc21)(CC(=O)O)NC(=O)OCC1c2ccccc2-c2ccccc21. The van der Waals surface area contributed by atoms with E-state index in [1.165, 1.54) is 0 Å². The Morgan fingerprint density at radius 3 is 1.60 bits per heavy atom. The fourth-order valence-corrected chi connectivity index (χ4v) is 7.18. The normalized spacial score (nSPS) is 14.3. The Kier molecular flexibility index (Phi) is 9.02. The summed E-state index contributed by atoms with van der Waals surface area (Å²) in [6.07, 6.45) is 1.92. The topological polar surface area (TPSA) is 128 Å². The standard InChI is InChI=1S/C42H36N2O6/c43-42(24-39(45)46,44-41(48)50-26-38-35-21-9-5-17-31(35)32-18-6-10-22-36(32)38)23-11-13-27-12-1-2-14-28(27)40(47)49-25-37-33-19-7-3-15-29(33)30-16-4-8-20-34(30)37/h1-22,37-38H,23-26,43H2,(H,44,48)(H,45,46)/t42-/m0/s1. The molecule has 0 saturated carbocycles. The number of alkyl carbamates (subject to hydrolysis) is 1. The van der Waals surface area contributed by atoms with Crippen molar-refractivity contribution < 1.29 is 29.0 Å². The molecule has 0 aromatic heterocycles. The highest BCUT2D eigenvalue weighted by atomic mass is 16.5. The van der Waals surface area contributed by atoms with E-state index < -0.39 is 30.1 Å². The minimum atomic E-state index is -1.65. The first-order valence-corrected chi connectivity index (χ1v) is 16.6. The number of fused-ring (bicyclic) bond motifs is 6. The summed E-state index contributed by atoms with van der Waals surface area (Å²) in [4.78, 5) is 38.2. The minimum absolute atomic E-state index is 0.0392. The van der Waals surface area contributed by atoms with Gasteiger partial charge in [0.05, 0.1) is 12.0 Å². The second-order valence-corrected chi connectivity index (χ2v) is 12.7. The Labute approximate surface area is 290 Å². The number of hydrogen-bond donors (Lipinski definition) is 3. The number of carboxylic acids is 1. The van der Waals surface area contributed by atoms with Gasteiger partial charge < -0.3 is 25.6 Å². The van der Waals surface area contributed by atoms with Crippen LogP contribution < -0.4 is 11.1 Å². The maximum atomic E-state index is 13.4. The van der Waals surface area contributed by atoms with Gasteiger partial charge in [-0.3, -0.25) is 4.79 Å².